The number of nitrogens with zero attached hydrogens (tertiary/aromatic N) is 2. The monoisotopic (exact) mass is 501 g/mol. The normalized spacial score (nSPS) is 16.9. The summed E-state index contributed by atoms with van der Waals surface area (Å²) in [6, 6.07) is 7.55. The van der Waals surface area contributed by atoms with Crippen LogP contribution in [0.1, 0.15) is 49.6 Å². The molecule has 35 heavy (non-hydrogen) atoms. The minimum Gasteiger partial charge on any atom is -0.454 e. The number of benzene rings is 1. The van der Waals surface area contributed by atoms with E-state index in [1.54, 1.807) is 16.2 Å². The van der Waals surface area contributed by atoms with Gasteiger partial charge in [-0.2, -0.15) is 0 Å². The lowest BCUT2D eigenvalue weighted by atomic mass is 10.1. The Labute approximate surface area is 211 Å². The summed E-state index contributed by atoms with van der Waals surface area (Å²) in [6.07, 6.45) is 1.82. The second-order valence-corrected chi connectivity index (χ2v) is 11.2. The molecule has 1 N–H and O–H groups in total. The first-order chi connectivity index (χ1) is 16.7. The Bertz CT molecular complexity index is 1040. The summed E-state index contributed by atoms with van der Waals surface area (Å²) in [4.78, 5) is 31.3. The molecule has 2 aliphatic rings. The molecule has 4 rings (SSSR count). The number of urea groups is 1. The van der Waals surface area contributed by atoms with Gasteiger partial charge >= 0.3 is 6.03 Å². The molecule has 1 atom stereocenters. The number of ether oxygens (including phenoxy) is 3. The molecule has 2 aromatic rings. The van der Waals surface area contributed by atoms with Crippen LogP contribution in [0.2, 0.25) is 0 Å². The SMILES string of the molecule is Cc1ccsc1CN(Cc1ccc2c(c1)OCO2)C(=O)CN(CC1CCCO1)C(=O)NC(C)(C)C. The van der Waals surface area contributed by atoms with Gasteiger partial charge in [-0.05, 0) is 75.2 Å². The highest BCUT2D eigenvalue weighted by atomic mass is 32.1. The van der Waals surface area contributed by atoms with Gasteiger partial charge in [0, 0.05) is 30.1 Å². The van der Waals surface area contributed by atoms with E-state index in [0.29, 0.717) is 37.7 Å². The van der Waals surface area contributed by atoms with Crippen LogP contribution in [-0.4, -0.2) is 59.9 Å². The molecule has 0 radical (unpaired) electrons. The number of hydrogen-bond donors (Lipinski definition) is 1. The Morgan fingerprint density at radius 1 is 1.11 bits per heavy atom. The summed E-state index contributed by atoms with van der Waals surface area (Å²) in [5.41, 5.74) is 1.69. The summed E-state index contributed by atoms with van der Waals surface area (Å²) in [5, 5.41) is 5.04. The minimum absolute atomic E-state index is 0.0171. The van der Waals surface area contributed by atoms with Crippen molar-refractivity contribution in [3.63, 3.8) is 0 Å². The lowest BCUT2D eigenvalue weighted by molar-refractivity contribution is -0.133. The van der Waals surface area contributed by atoms with Gasteiger partial charge in [0.15, 0.2) is 11.5 Å². The van der Waals surface area contributed by atoms with Gasteiger partial charge in [0.05, 0.1) is 12.6 Å². The van der Waals surface area contributed by atoms with Gasteiger partial charge in [-0.15, -0.1) is 11.3 Å². The standard InChI is InChI=1S/C26H35N3O5S/c1-18-9-11-35-23(18)15-28(13-19-7-8-21-22(12-19)34-17-33-21)24(30)16-29(14-20-6-5-10-32-20)25(31)27-26(2,3)4/h7-9,11-12,20H,5-6,10,13-17H2,1-4H3,(H,27,31). The molecule has 3 amide bonds. The Morgan fingerprint density at radius 2 is 1.91 bits per heavy atom. The van der Waals surface area contributed by atoms with Gasteiger partial charge < -0.3 is 29.3 Å². The van der Waals surface area contributed by atoms with E-state index in [2.05, 4.69) is 18.3 Å². The predicted octanol–water partition coefficient (Wildman–Crippen LogP) is 4.30. The maximum atomic E-state index is 13.7. The van der Waals surface area contributed by atoms with E-state index in [4.69, 9.17) is 14.2 Å². The highest BCUT2D eigenvalue weighted by Gasteiger charge is 2.29. The van der Waals surface area contributed by atoms with E-state index < -0.39 is 5.54 Å². The lowest BCUT2D eigenvalue weighted by Gasteiger charge is -2.31. The van der Waals surface area contributed by atoms with Crippen molar-refractivity contribution in [2.45, 2.75) is 65.3 Å². The predicted molar refractivity (Wildman–Crippen MR) is 135 cm³/mol. The fraction of sp³-hybridized carbons (Fsp3) is 0.538. The number of aryl methyl sites for hydroxylation is 1. The fourth-order valence-electron chi connectivity index (χ4n) is 4.15. The van der Waals surface area contributed by atoms with Crippen LogP contribution in [-0.2, 0) is 22.6 Å². The first kappa shape index (κ1) is 25.3. The Balaban J connectivity index is 1.53. The minimum atomic E-state index is -0.408. The second kappa shape index (κ2) is 10.9. The third kappa shape index (κ3) is 6.89. The van der Waals surface area contributed by atoms with Crippen molar-refractivity contribution in [1.29, 1.82) is 0 Å². The number of carbonyl (C=O) groups is 2. The molecule has 190 valence electrons. The van der Waals surface area contributed by atoms with E-state index >= 15 is 0 Å². The van der Waals surface area contributed by atoms with Gasteiger partial charge in [0.1, 0.15) is 6.54 Å². The summed E-state index contributed by atoms with van der Waals surface area (Å²) >= 11 is 1.63. The molecule has 0 saturated carbocycles. The third-order valence-corrected chi connectivity index (χ3v) is 7.02. The van der Waals surface area contributed by atoms with Gasteiger partial charge in [-0.1, -0.05) is 6.07 Å². The number of hydrogen-bond acceptors (Lipinski definition) is 6. The summed E-state index contributed by atoms with van der Waals surface area (Å²) < 4.78 is 16.7. The highest BCUT2D eigenvalue weighted by Crippen LogP contribution is 2.33. The zero-order chi connectivity index (χ0) is 25.0. The molecule has 1 unspecified atom stereocenters. The zero-order valence-corrected chi connectivity index (χ0v) is 21.8. The van der Waals surface area contributed by atoms with Crippen molar-refractivity contribution >= 4 is 23.3 Å². The maximum absolute atomic E-state index is 13.7. The number of rotatable bonds is 8. The van der Waals surface area contributed by atoms with Crippen LogP contribution in [0, 0.1) is 6.92 Å². The fourth-order valence-corrected chi connectivity index (χ4v) is 5.07. The van der Waals surface area contributed by atoms with E-state index in [1.807, 2.05) is 49.3 Å². The van der Waals surface area contributed by atoms with Crippen LogP contribution in [0.15, 0.2) is 29.6 Å². The molecule has 9 heteroatoms. The van der Waals surface area contributed by atoms with Gasteiger partial charge in [-0.25, -0.2) is 4.79 Å². The number of fused-ring (bicyclic) bond motifs is 1. The van der Waals surface area contributed by atoms with Gasteiger partial charge in [-0.3, -0.25) is 4.79 Å². The molecule has 1 aromatic heterocycles. The topological polar surface area (TPSA) is 80.3 Å². The molecule has 0 bridgehead atoms. The molecule has 1 saturated heterocycles. The summed E-state index contributed by atoms with van der Waals surface area (Å²) in [6.45, 7) is 10.0. The van der Waals surface area contributed by atoms with Crippen LogP contribution < -0.4 is 14.8 Å². The molecular formula is C26H35N3O5S. The van der Waals surface area contributed by atoms with Crippen LogP contribution in [0.25, 0.3) is 0 Å². The number of thiophene rings is 1. The number of amides is 3. The smallest absolute Gasteiger partial charge is 0.318 e. The maximum Gasteiger partial charge on any atom is 0.318 e. The van der Waals surface area contributed by atoms with Crippen LogP contribution in [0.5, 0.6) is 11.5 Å². The first-order valence-electron chi connectivity index (χ1n) is 12.1. The van der Waals surface area contributed by atoms with Crippen molar-refractivity contribution < 1.29 is 23.8 Å². The average Bonchev–Trinajstić information content (AvgIpc) is 3.54. The lowest BCUT2D eigenvalue weighted by Crippen LogP contribution is -2.53. The zero-order valence-electron chi connectivity index (χ0n) is 21.0. The molecule has 3 heterocycles. The Morgan fingerprint density at radius 3 is 2.60 bits per heavy atom. The van der Waals surface area contributed by atoms with Crippen LogP contribution in [0.4, 0.5) is 4.79 Å². The van der Waals surface area contributed by atoms with Crippen LogP contribution >= 0.6 is 11.3 Å². The van der Waals surface area contributed by atoms with Crippen molar-refractivity contribution in [1.82, 2.24) is 15.1 Å². The average molecular weight is 502 g/mol. The second-order valence-electron chi connectivity index (χ2n) is 10.2. The Kier molecular flexibility index (Phi) is 7.86. The number of carbonyl (C=O) groups excluding carboxylic acids is 2. The molecule has 8 nitrogen and oxygen atoms in total. The molecular weight excluding hydrogens is 466 g/mol. The molecule has 0 spiro atoms. The van der Waals surface area contributed by atoms with E-state index in [0.717, 1.165) is 28.8 Å². The van der Waals surface area contributed by atoms with Gasteiger partial charge in [0.2, 0.25) is 12.7 Å². The van der Waals surface area contributed by atoms with Gasteiger partial charge in [0.25, 0.3) is 0 Å². The van der Waals surface area contributed by atoms with Crippen molar-refractivity contribution in [2.24, 2.45) is 0 Å². The molecule has 2 aliphatic heterocycles. The summed E-state index contributed by atoms with van der Waals surface area (Å²) in [5.74, 6) is 1.28. The van der Waals surface area contributed by atoms with E-state index in [9.17, 15) is 9.59 Å². The van der Waals surface area contributed by atoms with Crippen LogP contribution in [0.3, 0.4) is 0 Å². The third-order valence-electron chi connectivity index (χ3n) is 6.01. The number of nitrogens with one attached hydrogen (secondary N) is 1. The van der Waals surface area contributed by atoms with Crippen molar-refractivity contribution in [3.05, 3.63) is 45.6 Å². The summed E-state index contributed by atoms with van der Waals surface area (Å²) in [7, 11) is 0. The largest absolute Gasteiger partial charge is 0.454 e. The van der Waals surface area contributed by atoms with Crippen molar-refractivity contribution in [3.8, 4) is 11.5 Å². The van der Waals surface area contributed by atoms with E-state index in [1.165, 1.54) is 0 Å². The molecule has 0 aliphatic carbocycles. The van der Waals surface area contributed by atoms with Crippen molar-refractivity contribution in [2.75, 3.05) is 26.5 Å². The molecule has 1 fully saturated rings. The Hall–Kier alpha value is -2.78. The first-order valence-corrected chi connectivity index (χ1v) is 12.9. The highest BCUT2D eigenvalue weighted by molar-refractivity contribution is 7.10. The molecule has 1 aromatic carbocycles. The van der Waals surface area contributed by atoms with E-state index in [-0.39, 0.29) is 31.4 Å². The quantitative estimate of drug-likeness (QED) is 0.583.